The summed E-state index contributed by atoms with van der Waals surface area (Å²) < 4.78 is 11.5. The molecule has 2 aliphatic heterocycles. The molecule has 3 aromatic rings. The van der Waals surface area contributed by atoms with E-state index in [9.17, 15) is 15.3 Å². The van der Waals surface area contributed by atoms with Gasteiger partial charge in [-0.05, 0) is 59.9 Å². The van der Waals surface area contributed by atoms with Crippen molar-refractivity contribution in [1.82, 2.24) is 0 Å². The highest BCUT2D eigenvalue weighted by Crippen LogP contribution is 2.39. The average molecular weight is 508 g/mol. The van der Waals surface area contributed by atoms with Gasteiger partial charge in [-0.1, -0.05) is 48.5 Å². The second-order valence-corrected chi connectivity index (χ2v) is 10.3. The average Bonchev–Trinajstić information content (AvgIpc) is 2.87. The molecule has 5 rings (SSSR count). The van der Waals surface area contributed by atoms with E-state index in [1.54, 1.807) is 0 Å². The maximum absolute atomic E-state index is 9.96. The zero-order chi connectivity index (χ0) is 25.1. The van der Waals surface area contributed by atoms with E-state index in [2.05, 4.69) is 72.5 Å². The van der Waals surface area contributed by atoms with Gasteiger partial charge in [-0.25, -0.2) is 0 Å². The van der Waals surface area contributed by atoms with Gasteiger partial charge in [-0.2, -0.15) is 0 Å². The van der Waals surface area contributed by atoms with Gasteiger partial charge in [-0.3, -0.25) is 0 Å². The van der Waals surface area contributed by atoms with E-state index >= 15 is 0 Å². The monoisotopic (exact) mass is 507 g/mol. The third-order valence-electron chi connectivity index (χ3n) is 7.14. The molecule has 0 aromatic heterocycles. The van der Waals surface area contributed by atoms with Crippen LogP contribution in [-0.2, 0) is 4.74 Å². The Kier molecular flexibility index (Phi) is 7.84. The lowest BCUT2D eigenvalue weighted by atomic mass is 9.90. The van der Waals surface area contributed by atoms with Crippen molar-refractivity contribution in [2.24, 2.45) is 0 Å². The lowest BCUT2D eigenvalue weighted by Gasteiger charge is -2.43. The number of benzene rings is 3. The maximum Gasteiger partial charge on any atom is 0.137 e. The predicted octanol–water partition coefficient (Wildman–Crippen LogP) is 4.51. The third kappa shape index (κ3) is 5.41. The minimum atomic E-state index is -1.06. The molecule has 0 saturated carbocycles. The number of aliphatic hydroxyl groups excluding tert-OH is 3. The van der Waals surface area contributed by atoms with Crippen molar-refractivity contribution in [3.63, 3.8) is 0 Å². The summed E-state index contributed by atoms with van der Waals surface area (Å²) in [6, 6.07) is 25.8. The summed E-state index contributed by atoms with van der Waals surface area (Å²) in [5.74, 6) is 1.23. The van der Waals surface area contributed by atoms with Gasteiger partial charge in [0.25, 0.3) is 0 Å². The van der Waals surface area contributed by atoms with E-state index in [1.807, 2.05) is 12.1 Å². The van der Waals surface area contributed by atoms with Crippen molar-refractivity contribution >= 4 is 17.7 Å². The number of aliphatic hydroxyl groups is 3. The summed E-state index contributed by atoms with van der Waals surface area (Å²) in [7, 11) is 0. The Morgan fingerprint density at radius 3 is 2.47 bits per heavy atom. The Morgan fingerprint density at radius 1 is 1.03 bits per heavy atom. The molecule has 190 valence electrons. The molecule has 3 aromatic carbocycles. The summed E-state index contributed by atoms with van der Waals surface area (Å²) in [5, 5.41) is 29.1. The van der Waals surface area contributed by atoms with Crippen LogP contribution in [0.1, 0.15) is 30.0 Å². The van der Waals surface area contributed by atoms with E-state index in [4.69, 9.17) is 8.92 Å². The molecule has 2 heterocycles. The predicted molar refractivity (Wildman–Crippen MR) is 143 cm³/mol. The van der Waals surface area contributed by atoms with Gasteiger partial charge in [-0.15, -0.1) is 0 Å². The molecule has 0 radical (unpaired) electrons. The highest BCUT2D eigenvalue weighted by Gasteiger charge is 2.36. The van der Waals surface area contributed by atoms with Gasteiger partial charge in [0.15, 0.2) is 0 Å². The molecule has 4 unspecified atom stereocenters. The number of anilines is 1. The van der Waals surface area contributed by atoms with Crippen LogP contribution in [0.4, 0.5) is 5.69 Å². The smallest absolute Gasteiger partial charge is 0.137 e. The molecule has 0 spiro atoms. The van der Waals surface area contributed by atoms with E-state index < -0.39 is 18.3 Å². The first kappa shape index (κ1) is 25.1. The minimum absolute atomic E-state index is 0.292. The fourth-order valence-electron chi connectivity index (χ4n) is 5.05. The molecular formula is C29H33NO5S. The SMILES string of the molecule is Cc1cc(C2CCN2c2ccccc2)ccc1-c1ccc(OSCC2CC(O)[C@H](O)C(CO)O2)cc1. The van der Waals surface area contributed by atoms with Gasteiger partial charge in [0.2, 0.25) is 0 Å². The van der Waals surface area contributed by atoms with Gasteiger partial charge in [0, 0.05) is 18.7 Å². The Hall–Kier alpha value is -2.55. The molecule has 3 N–H and O–H groups in total. The van der Waals surface area contributed by atoms with Crippen molar-refractivity contribution < 1.29 is 24.2 Å². The first-order valence-corrected chi connectivity index (χ1v) is 13.4. The normalized spacial score (nSPS) is 25.9. The zero-order valence-electron chi connectivity index (χ0n) is 20.4. The van der Waals surface area contributed by atoms with Gasteiger partial charge in [0.1, 0.15) is 18.0 Å². The van der Waals surface area contributed by atoms with Crippen LogP contribution in [0.2, 0.25) is 0 Å². The molecule has 0 aliphatic carbocycles. The van der Waals surface area contributed by atoms with Gasteiger partial charge < -0.3 is 29.1 Å². The van der Waals surface area contributed by atoms with Crippen LogP contribution < -0.4 is 9.08 Å². The highest BCUT2D eigenvalue weighted by atomic mass is 32.2. The van der Waals surface area contributed by atoms with E-state index in [-0.39, 0.29) is 12.7 Å². The fraction of sp³-hybridized carbons (Fsp3) is 0.379. The number of hydrogen-bond acceptors (Lipinski definition) is 7. The van der Waals surface area contributed by atoms with Crippen LogP contribution in [0.15, 0.2) is 72.8 Å². The van der Waals surface area contributed by atoms with E-state index in [1.165, 1.54) is 40.8 Å². The van der Waals surface area contributed by atoms with Gasteiger partial charge in [0.05, 0.1) is 42.7 Å². The van der Waals surface area contributed by atoms with E-state index in [0.29, 0.717) is 18.2 Å². The van der Waals surface area contributed by atoms with Crippen LogP contribution in [0.25, 0.3) is 11.1 Å². The molecule has 2 saturated heterocycles. The van der Waals surface area contributed by atoms with Crippen LogP contribution in [0, 0.1) is 6.92 Å². The Balaban J connectivity index is 1.17. The quantitative estimate of drug-likeness (QED) is 0.387. The number of nitrogens with zero attached hydrogens (tertiary/aromatic N) is 1. The maximum atomic E-state index is 9.96. The van der Waals surface area contributed by atoms with Crippen molar-refractivity contribution in [1.29, 1.82) is 0 Å². The van der Waals surface area contributed by atoms with E-state index in [0.717, 1.165) is 17.9 Å². The Bertz CT molecular complexity index is 1140. The standard InChI is InChI=1S/C29H33NO5S/c1-19-15-21(26-13-14-30(26)22-5-3-2-4-6-22)9-12-25(19)20-7-10-23(11-8-20)35-36-18-24-16-27(32)29(33)28(17-31)34-24/h2-12,15,24,26-29,31-33H,13-14,16-18H2,1H3/t24?,26?,27?,28?,29-/m0/s1. The van der Waals surface area contributed by atoms with Crippen molar-refractivity contribution in [2.75, 3.05) is 23.8 Å². The molecule has 5 atom stereocenters. The topological polar surface area (TPSA) is 82.4 Å². The summed E-state index contributed by atoms with van der Waals surface area (Å²) in [5.41, 5.74) is 6.24. The molecule has 2 aliphatic rings. The second kappa shape index (κ2) is 11.2. The number of rotatable bonds is 8. The summed E-state index contributed by atoms with van der Waals surface area (Å²) >= 11 is 1.24. The summed E-state index contributed by atoms with van der Waals surface area (Å²) in [6.07, 6.45) is -1.53. The molecule has 2 fully saturated rings. The third-order valence-corrected chi connectivity index (χ3v) is 7.96. The first-order chi connectivity index (χ1) is 17.5. The number of aryl methyl sites for hydroxylation is 1. The van der Waals surface area contributed by atoms with Crippen molar-refractivity contribution in [3.05, 3.63) is 83.9 Å². The lowest BCUT2D eigenvalue weighted by molar-refractivity contribution is -0.173. The van der Waals surface area contributed by atoms with Crippen molar-refractivity contribution in [3.8, 4) is 16.9 Å². The first-order valence-electron chi connectivity index (χ1n) is 12.5. The van der Waals surface area contributed by atoms with Crippen LogP contribution in [0.5, 0.6) is 5.75 Å². The summed E-state index contributed by atoms with van der Waals surface area (Å²) in [6.45, 7) is 2.93. The lowest BCUT2D eigenvalue weighted by Crippen LogP contribution is -2.50. The Morgan fingerprint density at radius 2 is 1.81 bits per heavy atom. The Labute approximate surface area is 216 Å². The number of para-hydroxylation sites is 1. The zero-order valence-corrected chi connectivity index (χ0v) is 21.2. The molecular weight excluding hydrogens is 474 g/mol. The summed E-state index contributed by atoms with van der Waals surface area (Å²) in [4.78, 5) is 2.46. The number of hydrogen-bond donors (Lipinski definition) is 3. The molecule has 7 heteroatoms. The van der Waals surface area contributed by atoms with Crippen LogP contribution >= 0.6 is 12.0 Å². The second-order valence-electron chi connectivity index (χ2n) is 9.57. The molecule has 6 nitrogen and oxygen atoms in total. The molecule has 0 bridgehead atoms. The minimum Gasteiger partial charge on any atom is -0.426 e. The largest absolute Gasteiger partial charge is 0.426 e. The molecule has 0 amide bonds. The van der Waals surface area contributed by atoms with Crippen molar-refractivity contribution in [2.45, 2.75) is 50.2 Å². The molecule has 36 heavy (non-hydrogen) atoms. The highest BCUT2D eigenvalue weighted by molar-refractivity contribution is 7.95. The van der Waals surface area contributed by atoms with Crippen LogP contribution in [0.3, 0.4) is 0 Å². The number of ether oxygens (including phenoxy) is 1. The van der Waals surface area contributed by atoms with Crippen LogP contribution in [-0.4, -0.2) is 58.6 Å². The van der Waals surface area contributed by atoms with Gasteiger partial charge >= 0.3 is 0 Å². The fourth-order valence-corrected chi connectivity index (χ4v) is 5.73.